The molecule has 2 heterocycles. The summed E-state index contributed by atoms with van der Waals surface area (Å²) in [7, 11) is 0. The maximum Gasteiger partial charge on any atom is 0.271 e. The number of carbonyl (C=O) groups is 2. The summed E-state index contributed by atoms with van der Waals surface area (Å²) >= 11 is 1.02. The van der Waals surface area contributed by atoms with Crippen LogP contribution in [-0.2, 0) is 6.54 Å². The molecule has 0 saturated carbocycles. The molecule has 2 amide bonds. The first kappa shape index (κ1) is 17.7. The summed E-state index contributed by atoms with van der Waals surface area (Å²) in [5, 5.41) is 6.64. The number of amides is 2. The second-order valence-corrected chi connectivity index (χ2v) is 6.20. The molecule has 0 radical (unpaired) electrons. The van der Waals surface area contributed by atoms with Gasteiger partial charge in [-0.1, -0.05) is 0 Å². The summed E-state index contributed by atoms with van der Waals surface area (Å²) in [6.07, 6.45) is 0. The molecule has 9 heteroatoms. The van der Waals surface area contributed by atoms with Crippen molar-refractivity contribution in [1.29, 1.82) is 0 Å². The summed E-state index contributed by atoms with van der Waals surface area (Å²) < 4.78 is 31.7. The van der Waals surface area contributed by atoms with Crippen molar-refractivity contribution in [2.45, 2.75) is 13.5 Å². The third-order valence-corrected chi connectivity index (χ3v) is 4.06. The van der Waals surface area contributed by atoms with Crippen molar-refractivity contribution < 1.29 is 22.8 Å². The lowest BCUT2D eigenvalue weighted by molar-refractivity contribution is 0.0942. The second kappa shape index (κ2) is 7.44. The van der Waals surface area contributed by atoms with Crippen molar-refractivity contribution >= 4 is 28.3 Å². The van der Waals surface area contributed by atoms with Crippen LogP contribution in [0.2, 0.25) is 0 Å². The van der Waals surface area contributed by atoms with Crippen molar-refractivity contribution in [1.82, 2.24) is 10.3 Å². The van der Waals surface area contributed by atoms with Crippen LogP contribution in [-0.4, -0.2) is 16.8 Å². The normalized spacial score (nSPS) is 10.6. The summed E-state index contributed by atoms with van der Waals surface area (Å²) in [6.45, 7) is 2.00. The molecule has 0 saturated heterocycles. The number of benzene rings is 1. The Balaban J connectivity index is 1.61. The number of anilines is 1. The Morgan fingerprint density at radius 3 is 2.54 bits per heavy atom. The number of carbonyl (C=O) groups excluding carboxylic acids is 2. The number of rotatable bonds is 5. The lowest BCUT2D eigenvalue weighted by Gasteiger charge is -2.02. The van der Waals surface area contributed by atoms with Crippen molar-refractivity contribution in [2.24, 2.45) is 0 Å². The lowest BCUT2D eigenvalue weighted by atomic mass is 10.2. The first-order valence-electron chi connectivity index (χ1n) is 7.47. The van der Waals surface area contributed by atoms with Crippen LogP contribution in [0, 0.1) is 18.6 Å². The highest BCUT2D eigenvalue weighted by molar-refractivity contribution is 7.14. The van der Waals surface area contributed by atoms with E-state index in [-0.39, 0.29) is 22.9 Å². The lowest BCUT2D eigenvalue weighted by Crippen LogP contribution is -2.23. The van der Waals surface area contributed by atoms with Crippen molar-refractivity contribution in [2.75, 3.05) is 5.32 Å². The first-order valence-corrected chi connectivity index (χ1v) is 8.35. The summed E-state index contributed by atoms with van der Waals surface area (Å²) in [4.78, 5) is 28.1. The van der Waals surface area contributed by atoms with Crippen LogP contribution in [0.5, 0.6) is 0 Å². The Kier molecular flexibility index (Phi) is 5.08. The van der Waals surface area contributed by atoms with Gasteiger partial charge in [0.2, 0.25) is 0 Å². The van der Waals surface area contributed by atoms with Crippen molar-refractivity contribution in [3.05, 3.63) is 70.1 Å². The molecule has 0 atom stereocenters. The number of thiazole rings is 1. The predicted molar refractivity (Wildman–Crippen MR) is 91.0 cm³/mol. The zero-order valence-corrected chi connectivity index (χ0v) is 14.3. The van der Waals surface area contributed by atoms with Crippen LogP contribution in [0.3, 0.4) is 0 Å². The highest BCUT2D eigenvalue weighted by atomic mass is 32.1. The van der Waals surface area contributed by atoms with E-state index in [9.17, 15) is 18.4 Å². The van der Waals surface area contributed by atoms with Gasteiger partial charge < -0.3 is 9.73 Å². The number of halogens is 2. The maximum absolute atomic E-state index is 13.2. The van der Waals surface area contributed by atoms with Gasteiger partial charge in [0.05, 0.1) is 6.54 Å². The van der Waals surface area contributed by atoms with Gasteiger partial charge in [-0.15, -0.1) is 11.3 Å². The molecule has 0 bridgehead atoms. The van der Waals surface area contributed by atoms with E-state index in [1.54, 1.807) is 19.1 Å². The Hall–Kier alpha value is -3.07. The molecule has 2 aromatic heterocycles. The van der Waals surface area contributed by atoms with E-state index in [2.05, 4.69) is 15.6 Å². The van der Waals surface area contributed by atoms with Crippen molar-refractivity contribution in [3.8, 4) is 0 Å². The third-order valence-electron chi connectivity index (χ3n) is 3.30. The minimum atomic E-state index is -0.859. The number of aryl methyl sites for hydroxylation is 1. The van der Waals surface area contributed by atoms with Gasteiger partial charge in [0.1, 0.15) is 28.8 Å². The molecule has 0 aliphatic rings. The predicted octanol–water partition coefficient (Wildman–Crippen LogP) is 3.51. The summed E-state index contributed by atoms with van der Waals surface area (Å²) in [6, 6.07) is 6.02. The van der Waals surface area contributed by atoms with Crippen molar-refractivity contribution in [3.63, 3.8) is 0 Å². The van der Waals surface area contributed by atoms with E-state index in [1.807, 2.05) is 0 Å². The molecule has 3 rings (SSSR count). The number of hydrogen-bond acceptors (Lipinski definition) is 5. The van der Waals surface area contributed by atoms with E-state index >= 15 is 0 Å². The molecule has 0 aliphatic heterocycles. The zero-order valence-electron chi connectivity index (χ0n) is 13.5. The zero-order chi connectivity index (χ0) is 18.7. The Labute approximate surface area is 150 Å². The van der Waals surface area contributed by atoms with Crippen LogP contribution in [0.1, 0.15) is 32.4 Å². The van der Waals surface area contributed by atoms with E-state index in [1.165, 1.54) is 5.38 Å². The average Bonchev–Trinajstić information content (AvgIpc) is 3.21. The number of nitrogens with zero attached hydrogens (tertiary/aromatic N) is 1. The average molecular weight is 377 g/mol. The highest BCUT2D eigenvalue weighted by Crippen LogP contribution is 2.17. The van der Waals surface area contributed by atoms with Crippen LogP contribution in [0.4, 0.5) is 13.9 Å². The van der Waals surface area contributed by atoms with E-state index < -0.39 is 23.4 Å². The molecule has 1 aromatic carbocycles. The van der Waals surface area contributed by atoms with Gasteiger partial charge >= 0.3 is 0 Å². The topological polar surface area (TPSA) is 84.2 Å². The molecule has 134 valence electrons. The van der Waals surface area contributed by atoms with E-state index in [0.717, 1.165) is 29.2 Å². The molecule has 0 spiro atoms. The standard InChI is InChI=1S/C17H13F2N3O3S/c1-9-2-3-13(25-9)7-20-16(24)14-8-26-17(21-14)22-15(23)10-4-11(18)6-12(19)5-10/h2-6,8H,7H2,1H3,(H,20,24)(H,21,22,23). The second-order valence-electron chi connectivity index (χ2n) is 5.35. The number of hydrogen-bond donors (Lipinski definition) is 2. The number of nitrogens with one attached hydrogen (secondary N) is 2. The molecule has 0 aliphatic carbocycles. The molecule has 2 N–H and O–H groups in total. The molecule has 0 unspecified atom stereocenters. The summed E-state index contributed by atoms with van der Waals surface area (Å²) in [5.41, 5.74) is -0.0732. The Morgan fingerprint density at radius 2 is 1.88 bits per heavy atom. The molecule has 26 heavy (non-hydrogen) atoms. The number of aromatic nitrogens is 1. The fraction of sp³-hybridized carbons (Fsp3) is 0.118. The minimum absolute atomic E-state index is 0.110. The van der Waals surface area contributed by atoms with Gasteiger partial charge in [-0.25, -0.2) is 13.8 Å². The smallest absolute Gasteiger partial charge is 0.271 e. The quantitative estimate of drug-likeness (QED) is 0.713. The fourth-order valence-corrected chi connectivity index (χ4v) is 2.81. The van der Waals surface area contributed by atoms with Crippen LogP contribution in [0.25, 0.3) is 0 Å². The van der Waals surface area contributed by atoms with E-state index in [4.69, 9.17) is 4.42 Å². The van der Waals surface area contributed by atoms with Gasteiger partial charge in [0.15, 0.2) is 5.13 Å². The third kappa shape index (κ3) is 4.31. The van der Waals surface area contributed by atoms with Gasteiger partial charge in [-0.3, -0.25) is 14.9 Å². The minimum Gasteiger partial charge on any atom is -0.465 e. The SMILES string of the molecule is Cc1ccc(CNC(=O)c2csc(NC(=O)c3cc(F)cc(F)c3)n2)o1. The summed E-state index contributed by atoms with van der Waals surface area (Å²) in [5.74, 6) is -1.54. The van der Waals surface area contributed by atoms with Gasteiger partial charge in [-0.05, 0) is 31.2 Å². The molecule has 3 aromatic rings. The van der Waals surface area contributed by atoms with Crippen LogP contribution >= 0.6 is 11.3 Å². The molecule has 0 fully saturated rings. The van der Waals surface area contributed by atoms with Crippen LogP contribution in [0.15, 0.2) is 40.1 Å². The molecule has 6 nitrogen and oxygen atoms in total. The Bertz CT molecular complexity index is 948. The maximum atomic E-state index is 13.2. The van der Waals surface area contributed by atoms with Gasteiger partial charge in [-0.2, -0.15) is 0 Å². The van der Waals surface area contributed by atoms with Crippen LogP contribution < -0.4 is 10.6 Å². The number of furan rings is 1. The van der Waals surface area contributed by atoms with E-state index in [0.29, 0.717) is 11.8 Å². The first-order chi connectivity index (χ1) is 12.4. The van der Waals surface area contributed by atoms with Gasteiger partial charge in [0, 0.05) is 17.0 Å². The monoisotopic (exact) mass is 377 g/mol. The largest absolute Gasteiger partial charge is 0.465 e. The van der Waals surface area contributed by atoms with Gasteiger partial charge in [0.25, 0.3) is 11.8 Å². The highest BCUT2D eigenvalue weighted by Gasteiger charge is 2.15. The Morgan fingerprint density at radius 1 is 1.15 bits per heavy atom. The molecular weight excluding hydrogens is 364 g/mol. The fourth-order valence-electron chi connectivity index (χ4n) is 2.13. The molecular formula is C17H13F2N3O3S.